The van der Waals surface area contributed by atoms with E-state index >= 15 is 0 Å². The SMILES string of the molecule is O=C(C1CC=CC1)N1CC[C@H]2OCC[C@@]2(COc2cccnc2)C1. The van der Waals surface area contributed by atoms with Crippen LogP contribution in [-0.2, 0) is 9.53 Å². The number of allylic oxidation sites excluding steroid dienone is 2. The van der Waals surface area contributed by atoms with E-state index in [-0.39, 0.29) is 17.4 Å². The Balaban J connectivity index is 1.45. The number of fused-ring (bicyclic) bond motifs is 1. The van der Waals surface area contributed by atoms with Crippen LogP contribution in [-0.4, -0.2) is 48.2 Å². The minimum absolute atomic E-state index is 0.0875. The fourth-order valence-electron chi connectivity index (χ4n) is 4.18. The van der Waals surface area contributed by atoms with Gasteiger partial charge in [0.15, 0.2) is 0 Å². The summed E-state index contributed by atoms with van der Waals surface area (Å²) in [6.07, 6.45) is 11.5. The number of carbonyl (C=O) groups excluding carboxylic acids is 1. The highest BCUT2D eigenvalue weighted by Crippen LogP contribution is 2.42. The second kappa shape index (κ2) is 6.55. The molecule has 1 aliphatic carbocycles. The van der Waals surface area contributed by atoms with E-state index in [9.17, 15) is 4.79 Å². The van der Waals surface area contributed by atoms with Crippen LogP contribution in [0.1, 0.15) is 25.7 Å². The first kappa shape index (κ1) is 15.6. The molecule has 0 spiro atoms. The van der Waals surface area contributed by atoms with Gasteiger partial charge in [-0.1, -0.05) is 12.2 Å². The molecule has 24 heavy (non-hydrogen) atoms. The Labute approximate surface area is 142 Å². The zero-order valence-electron chi connectivity index (χ0n) is 13.9. The number of piperidine rings is 1. The molecule has 0 saturated carbocycles. The molecule has 0 N–H and O–H groups in total. The lowest BCUT2D eigenvalue weighted by molar-refractivity contribution is -0.142. The quantitative estimate of drug-likeness (QED) is 0.797. The molecule has 0 aromatic carbocycles. The smallest absolute Gasteiger partial charge is 0.226 e. The summed E-state index contributed by atoms with van der Waals surface area (Å²) in [6.45, 7) is 2.88. The van der Waals surface area contributed by atoms with Gasteiger partial charge in [0, 0.05) is 31.8 Å². The third kappa shape index (κ3) is 2.93. The molecule has 2 fully saturated rings. The Morgan fingerprint density at radius 2 is 2.29 bits per heavy atom. The number of pyridine rings is 1. The Morgan fingerprint density at radius 3 is 3.08 bits per heavy atom. The monoisotopic (exact) mass is 328 g/mol. The number of likely N-dealkylation sites (tertiary alicyclic amines) is 1. The standard InChI is InChI=1S/C19H24N2O3/c22-18(15-4-1-2-5-15)21-10-7-17-19(13-21,8-11-23-17)14-24-16-6-3-9-20-12-16/h1-3,6,9,12,15,17H,4-5,7-8,10-11,13-14H2/t17-,19+/m1/s1. The van der Waals surface area contributed by atoms with Gasteiger partial charge in [-0.25, -0.2) is 0 Å². The van der Waals surface area contributed by atoms with Crippen LogP contribution in [0.2, 0.25) is 0 Å². The predicted molar refractivity (Wildman–Crippen MR) is 89.6 cm³/mol. The molecule has 3 aliphatic rings. The molecule has 0 bridgehead atoms. The van der Waals surface area contributed by atoms with E-state index in [0.717, 1.165) is 51.1 Å². The molecule has 2 atom stereocenters. The molecule has 1 aromatic rings. The highest BCUT2D eigenvalue weighted by molar-refractivity contribution is 5.79. The summed E-state index contributed by atoms with van der Waals surface area (Å²) in [5.74, 6) is 1.22. The summed E-state index contributed by atoms with van der Waals surface area (Å²) in [5, 5.41) is 0. The van der Waals surface area contributed by atoms with Gasteiger partial charge in [-0.15, -0.1) is 0 Å². The van der Waals surface area contributed by atoms with Crippen molar-refractivity contribution >= 4 is 5.91 Å². The van der Waals surface area contributed by atoms with Crippen molar-refractivity contribution < 1.29 is 14.3 Å². The van der Waals surface area contributed by atoms with Crippen LogP contribution in [0.3, 0.4) is 0 Å². The van der Waals surface area contributed by atoms with Crippen molar-refractivity contribution in [2.24, 2.45) is 11.3 Å². The van der Waals surface area contributed by atoms with Crippen molar-refractivity contribution in [3.05, 3.63) is 36.7 Å². The van der Waals surface area contributed by atoms with E-state index in [0.29, 0.717) is 12.5 Å². The number of carbonyl (C=O) groups is 1. The van der Waals surface area contributed by atoms with Crippen LogP contribution in [0.4, 0.5) is 0 Å². The molecule has 2 aliphatic heterocycles. The van der Waals surface area contributed by atoms with E-state index in [1.165, 1.54) is 0 Å². The third-order valence-corrected chi connectivity index (χ3v) is 5.60. The Kier molecular flexibility index (Phi) is 4.27. The topological polar surface area (TPSA) is 51.7 Å². The van der Waals surface area contributed by atoms with Crippen LogP contribution >= 0.6 is 0 Å². The summed E-state index contributed by atoms with van der Waals surface area (Å²) in [7, 11) is 0. The maximum atomic E-state index is 12.8. The van der Waals surface area contributed by atoms with Crippen molar-refractivity contribution in [2.45, 2.75) is 31.8 Å². The van der Waals surface area contributed by atoms with Crippen molar-refractivity contribution in [3.8, 4) is 5.75 Å². The highest BCUT2D eigenvalue weighted by Gasteiger charge is 2.50. The molecule has 3 heterocycles. The molecule has 1 aromatic heterocycles. The zero-order chi connectivity index (χ0) is 16.4. The fourth-order valence-corrected chi connectivity index (χ4v) is 4.18. The Hall–Kier alpha value is -1.88. The summed E-state index contributed by atoms with van der Waals surface area (Å²) < 4.78 is 12.0. The summed E-state index contributed by atoms with van der Waals surface area (Å²) in [5.41, 5.74) is -0.0875. The molecule has 1 amide bonds. The maximum absolute atomic E-state index is 12.8. The number of rotatable bonds is 4. The molecule has 5 heteroatoms. The van der Waals surface area contributed by atoms with Gasteiger partial charge >= 0.3 is 0 Å². The fraction of sp³-hybridized carbons (Fsp3) is 0.579. The lowest BCUT2D eigenvalue weighted by Gasteiger charge is -2.44. The van der Waals surface area contributed by atoms with Gasteiger partial charge in [-0.3, -0.25) is 9.78 Å². The van der Waals surface area contributed by atoms with Gasteiger partial charge < -0.3 is 14.4 Å². The second-order valence-electron chi connectivity index (χ2n) is 7.14. The number of amides is 1. The van der Waals surface area contributed by atoms with Gasteiger partial charge in [0.05, 0.1) is 24.3 Å². The lowest BCUT2D eigenvalue weighted by Crippen LogP contribution is -2.55. The Bertz CT molecular complexity index is 610. The van der Waals surface area contributed by atoms with Gasteiger partial charge in [-0.05, 0) is 37.8 Å². The second-order valence-corrected chi connectivity index (χ2v) is 7.14. The third-order valence-electron chi connectivity index (χ3n) is 5.60. The normalized spacial score (nSPS) is 29.7. The zero-order valence-corrected chi connectivity index (χ0v) is 13.9. The first-order valence-corrected chi connectivity index (χ1v) is 8.85. The predicted octanol–water partition coefficient (Wildman–Crippen LogP) is 2.43. The number of nitrogens with zero attached hydrogens (tertiary/aromatic N) is 2. The minimum Gasteiger partial charge on any atom is -0.491 e. The van der Waals surface area contributed by atoms with Crippen molar-refractivity contribution in [2.75, 3.05) is 26.3 Å². The number of hydrogen-bond acceptors (Lipinski definition) is 4. The van der Waals surface area contributed by atoms with Crippen molar-refractivity contribution in [3.63, 3.8) is 0 Å². The van der Waals surface area contributed by atoms with E-state index in [1.807, 2.05) is 12.1 Å². The Morgan fingerprint density at radius 1 is 1.42 bits per heavy atom. The molecule has 128 valence electrons. The molecule has 0 unspecified atom stereocenters. The van der Waals surface area contributed by atoms with Crippen LogP contribution in [0.25, 0.3) is 0 Å². The van der Waals surface area contributed by atoms with Gasteiger partial charge in [0.1, 0.15) is 5.75 Å². The van der Waals surface area contributed by atoms with Crippen molar-refractivity contribution in [1.82, 2.24) is 9.88 Å². The van der Waals surface area contributed by atoms with E-state index < -0.39 is 0 Å². The van der Waals surface area contributed by atoms with E-state index in [4.69, 9.17) is 9.47 Å². The lowest BCUT2D eigenvalue weighted by atomic mass is 9.77. The summed E-state index contributed by atoms with van der Waals surface area (Å²) in [4.78, 5) is 19.0. The molecular weight excluding hydrogens is 304 g/mol. The molecule has 0 radical (unpaired) electrons. The number of aromatic nitrogens is 1. The summed E-state index contributed by atoms with van der Waals surface area (Å²) in [6, 6.07) is 3.80. The van der Waals surface area contributed by atoms with Gasteiger partial charge in [0.25, 0.3) is 0 Å². The largest absolute Gasteiger partial charge is 0.491 e. The number of hydrogen-bond donors (Lipinski definition) is 0. The van der Waals surface area contributed by atoms with Crippen LogP contribution in [0, 0.1) is 11.3 Å². The van der Waals surface area contributed by atoms with E-state index in [2.05, 4.69) is 22.0 Å². The molecular formula is C19H24N2O3. The first-order valence-electron chi connectivity index (χ1n) is 8.85. The molecule has 5 nitrogen and oxygen atoms in total. The van der Waals surface area contributed by atoms with E-state index in [1.54, 1.807) is 12.4 Å². The highest BCUT2D eigenvalue weighted by atomic mass is 16.5. The van der Waals surface area contributed by atoms with Gasteiger partial charge in [-0.2, -0.15) is 0 Å². The average Bonchev–Trinajstić information content (AvgIpc) is 3.29. The van der Waals surface area contributed by atoms with Crippen LogP contribution in [0.5, 0.6) is 5.75 Å². The van der Waals surface area contributed by atoms with Gasteiger partial charge in [0.2, 0.25) is 5.91 Å². The van der Waals surface area contributed by atoms with Crippen LogP contribution in [0.15, 0.2) is 36.7 Å². The molecule has 2 saturated heterocycles. The van der Waals surface area contributed by atoms with Crippen molar-refractivity contribution in [1.29, 1.82) is 0 Å². The van der Waals surface area contributed by atoms with Crippen LogP contribution < -0.4 is 4.74 Å². The maximum Gasteiger partial charge on any atom is 0.226 e. The molecule has 4 rings (SSSR count). The first-order chi connectivity index (χ1) is 11.8. The minimum atomic E-state index is -0.0875. The number of ether oxygens (including phenoxy) is 2. The average molecular weight is 328 g/mol. The summed E-state index contributed by atoms with van der Waals surface area (Å²) >= 11 is 0.